The average Bonchev–Trinajstić information content (AvgIpc) is 2.92. The smallest absolute Gasteiger partial charge is 0.306 e. The van der Waals surface area contributed by atoms with Gasteiger partial charge in [-0.2, -0.15) is 0 Å². The highest BCUT2D eigenvalue weighted by atomic mass is 16.5. The highest BCUT2D eigenvalue weighted by molar-refractivity contribution is 5.70. The van der Waals surface area contributed by atoms with Crippen molar-refractivity contribution in [2.75, 3.05) is 19.7 Å². The molecule has 0 aromatic carbocycles. The number of nitrogens with one attached hydrogen (secondary N) is 1. The first-order chi connectivity index (χ1) is 9.27. The molecule has 1 aliphatic heterocycles. The van der Waals surface area contributed by atoms with Crippen LogP contribution in [0.1, 0.15) is 51.4 Å². The predicted octanol–water partition coefficient (Wildman–Crippen LogP) is 2.43. The van der Waals surface area contributed by atoms with Gasteiger partial charge in [0.15, 0.2) is 0 Å². The fourth-order valence-electron chi connectivity index (χ4n) is 3.39. The van der Waals surface area contributed by atoms with Crippen LogP contribution >= 0.6 is 0 Å². The van der Waals surface area contributed by atoms with Crippen LogP contribution in [0.4, 0.5) is 0 Å². The molecule has 2 N–H and O–H groups in total. The lowest BCUT2D eigenvalue weighted by molar-refractivity contribution is -0.144. The largest absolute Gasteiger partial charge is 0.481 e. The normalized spacial score (nSPS) is 31.5. The Kier molecular flexibility index (Phi) is 6.11. The molecule has 0 aromatic heterocycles. The summed E-state index contributed by atoms with van der Waals surface area (Å²) in [4.78, 5) is 11.2. The monoisotopic (exact) mass is 269 g/mol. The molecule has 1 saturated heterocycles. The number of rotatable bonds is 7. The minimum absolute atomic E-state index is 0.126. The molecular formula is C15H27NO3. The van der Waals surface area contributed by atoms with E-state index in [1.807, 2.05) is 0 Å². The summed E-state index contributed by atoms with van der Waals surface area (Å²) in [5.41, 5.74) is 0. The lowest BCUT2D eigenvalue weighted by Gasteiger charge is -2.28. The Morgan fingerprint density at radius 3 is 2.79 bits per heavy atom. The zero-order valence-corrected chi connectivity index (χ0v) is 11.8. The molecule has 19 heavy (non-hydrogen) atoms. The van der Waals surface area contributed by atoms with Crippen molar-refractivity contribution >= 4 is 5.97 Å². The summed E-state index contributed by atoms with van der Waals surface area (Å²) in [7, 11) is 0. The van der Waals surface area contributed by atoms with Crippen molar-refractivity contribution in [3.8, 4) is 0 Å². The van der Waals surface area contributed by atoms with E-state index in [1.54, 1.807) is 0 Å². The van der Waals surface area contributed by atoms with Crippen molar-refractivity contribution in [3.63, 3.8) is 0 Å². The summed E-state index contributed by atoms with van der Waals surface area (Å²) in [6.45, 7) is 2.78. The minimum atomic E-state index is -0.606. The van der Waals surface area contributed by atoms with Gasteiger partial charge < -0.3 is 15.2 Å². The van der Waals surface area contributed by atoms with Crippen molar-refractivity contribution < 1.29 is 14.6 Å². The summed E-state index contributed by atoms with van der Waals surface area (Å²) in [6.07, 6.45) is 9.36. The third kappa shape index (κ3) is 4.77. The molecule has 0 aromatic rings. The van der Waals surface area contributed by atoms with E-state index < -0.39 is 5.97 Å². The van der Waals surface area contributed by atoms with Gasteiger partial charge in [0.2, 0.25) is 0 Å². The van der Waals surface area contributed by atoms with Crippen molar-refractivity contribution in [2.24, 2.45) is 11.8 Å². The highest BCUT2D eigenvalue weighted by Gasteiger charge is 2.30. The Morgan fingerprint density at radius 1 is 1.21 bits per heavy atom. The number of hydrogen-bond acceptors (Lipinski definition) is 3. The third-order valence-electron chi connectivity index (χ3n) is 4.54. The molecule has 3 unspecified atom stereocenters. The number of aliphatic carboxylic acids is 1. The first-order valence-electron chi connectivity index (χ1n) is 7.82. The number of hydrogen-bond donors (Lipinski definition) is 2. The zero-order chi connectivity index (χ0) is 13.5. The van der Waals surface area contributed by atoms with Crippen LogP contribution in [0.2, 0.25) is 0 Å². The van der Waals surface area contributed by atoms with E-state index in [9.17, 15) is 9.90 Å². The maximum atomic E-state index is 11.2. The zero-order valence-electron chi connectivity index (χ0n) is 11.8. The number of carboxylic acid groups (broad SMARTS) is 1. The van der Waals surface area contributed by atoms with Crippen LogP contribution in [0.3, 0.4) is 0 Å². The summed E-state index contributed by atoms with van der Waals surface area (Å²) in [6, 6.07) is 0. The Morgan fingerprint density at radius 2 is 2.05 bits per heavy atom. The lowest BCUT2D eigenvalue weighted by atomic mass is 9.79. The van der Waals surface area contributed by atoms with Gasteiger partial charge in [-0.05, 0) is 57.5 Å². The molecule has 0 amide bonds. The van der Waals surface area contributed by atoms with Crippen LogP contribution in [0.5, 0.6) is 0 Å². The van der Waals surface area contributed by atoms with Crippen LogP contribution in [-0.4, -0.2) is 36.9 Å². The third-order valence-corrected chi connectivity index (χ3v) is 4.54. The van der Waals surface area contributed by atoms with Crippen molar-refractivity contribution in [1.29, 1.82) is 0 Å². The molecule has 0 bridgehead atoms. The van der Waals surface area contributed by atoms with Crippen molar-refractivity contribution in [2.45, 2.75) is 57.5 Å². The fraction of sp³-hybridized carbons (Fsp3) is 0.933. The van der Waals surface area contributed by atoms with Gasteiger partial charge in [-0.1, -0.05) is 12.8 Å². The van der Waals surface area contributed by atoms with Crippen LogP contribution in [-0.2, 0) is 9.53 Å². The quantitative estimate of drug-likeness (QED) is 0.697. The van der Waals surface area contributed by atoms with Gasteiger partial charge in [-0.15, -0.1) is 0 Å². The van der Waals surface area contributed by atoms with E-state index in [-0.39, 0.29) is 5.92 Å². The van der Waals surface area contributed by atoms with Gasteiger partial charge >= 0.3 is 5.97 Å². The second-order valence-corrected chi connectivity index (χ2v) is 5.97. The van der Waals surface area contributed by atoms with Gasteiger partial charge in [0, 0.05) is 6.61 Å². The molecule has 0 spiro atoms. The summed E-state index contributed by atoms with van der Waals surface area (Å²) >= 11 is 0. The molecule has 3 atom stereocenters. The number of carboxylic acids is 1. The second kappa shape index (κ2) is 7.85. The predicted molar refractivity (Wildman–Crippen MR) is 74.2 cm³/mol. The van der Waals surface area contributed by atoms with Crippen LogP contribution in [0.25, 0.3) is 0 Å². The Labute approximate surface area is 115 Å². The van der Waals surface area contributed by atoms with Crippen molar-refractivity contribution in [1.82, 2.24) is 5.32 Å². The second-order valence-electron chi connectivity index (χ2n) is 5.97. The maximum Gasteiger partial charge on any atom is 0.306 e. The molecule has 2 aliphatic rings. The first kappa shape index (κ1) is 14.8. The molecule has 4 nitrogen and oxygen atoms in total. The van der Waals surface area contributed by atoms with E-state index in [1.165, 1.54) is 19.3 Å². The lowest BCUT2D eigenvalue weighted by Crippen LogP contribution is -2.35. The standard InChI is InChI=1S/C15H27NO3/c17-15(18)14-8-2-1-5-12(14)11-16-9-3-6-13-7-4-10-19-13/h12-14,16H,1-11H2,(H,17,18). The molecule has 4 heteroatoms. The molecule has 1 heterocycles. The van der Waals surface area contributed by atoms with E-state index in [0.717, 1.165) is 51.8 Å². The van der Waals surface area contributed by atoms with Crippen LogP contribution < -0.4 is 5.32 Å². The Balaban J connectivity index is 1.57. The topological polar surface area (TPSA) is 58.6 Å². The molecule has 0 radical (unpaired) electrons. The van der Waals surface area contributed by atoms with Crippen LogP contribution in [0.15, 0.2) is 0 Å². The molecule has 1 aliphatic carbocycles. The van der Waals surface area contributed by atoms with E-state index >= 15 is 0 Å². The van der Waals surface area contributed by atoms with Gasteiger partial charge in [0.1, 0.15) is 0 Å². The molecule has 110 valence electrons. The summed E-state index contributed by atoms with van der Waals surface area (Å²) in [5, 5.41) is 12.7. The van der Waals surface area contributed by atoms with E-state index in [2.05, 4.69) is 5.32 Å². The fourth-order valence-corrected chi connectivity index (χ4v) is 3.39. The molecule has 1 saturated carbocycles. The van der Waals surface area contributed by atoms with Gasteiger partial charge in [-0.25, -0.2) is 0 Å². The van der Waals surface area contributed by atoms with Gasteiger partial charge in [-0.3, -0.25) is 4.79 Å². The molecular weight excluding hydrogens is 242 g/mol. The van der Waals surface area contributed by atoms with Crippen molar-refractivity contribution in [3.05, 3.63) is 0 Å². The van der Waals surface area contributed by atoms with E-state index in [4.69, 9.17) is 4.74 Å². The van der Waals surface area contributed by atoms with Crippen LogP contribution in [0, 0.1) is 11.8 Å². The highest BCUT2D eigenvalue weighted by Crippen LogP contribution is 2.29. The number of ether oxygens (including phenoxy) is 1. The van der Waals surface area contributed by atoms with Gasteiger partial charge in [0.25, 0.3) is 0 Å². The summed E-state index contributed by atoms with van der Waals surface area (Å²) in [5.74, 6) is -0.403. The van der Waals surface area contributed by atoms with E-state index in [0.29, 0.717) is 12.0 Å². The first-order valence-corrected chi connectivity index (χ1v) is 7.82. The van der Waals surface area contributed by atoms with Gasteiger partial charge in [0.05, 0.1) is 12.0 Å². The maximum absolute atomic E-state index is 11.2. The summed E-state index contributed by atoms with van der Waals surface area (Å²) < 4.78 is 5.59. The average molecular weight is 269 g/mol. The number of carbonyl (C=O) groups is 1. The Hall–Kier alpha value is -0.610. The molecule has 2 rings (SSSR count). The minimum Gasteiger partial charge on any atom is -0.481 e. The Bertz CT molecular complexity index is 277. The molecule has 2 fully saturated rings. The SMILES string of the molecule is O=C(O)C1CCCCC1CNCCCC1CCCO1.